The molecule has 0 aromatic rings. The summed E-state index contributed by atoms with van der Waals surface area (Å²) < 4.78 is 5.71. The number of hydrogen-bond donors (Lipinski definition) is 1. The van der Waals surface area contributed by atoms with E-state index in [0.717, 1.165) is 32.3 Å². The van der Waals surface area contributed by atoms with E-state index in [9.17, 15) is 0 Å². The van der Waals surface area contributed by atoms with Crippen LogP contribution in [-0.4, -0.2) is 74.9 Å². The van der Waals surface area contributed by atoms with Gasteiger partial charge in [-0.1, -0.05) is 20.8 Å². The summed E-state index contributed by atoms with van der Waals surface area (Å²) in [5.41, 5.74) is 0.355. The molecule has 4 heteroatoms. The van der Waals surface area contributed by atoms with Crippen molar-refractivity contribution in [3.63, 3.8) is 0 Å². The Morgan fingerprint density at radius 2 is 2.10 bits per heavy atom. The largest absolute Gasteiger partial charge is 0.381 e. The molecular weight excluding hydrogens is 250 g/mol. The van der Waals surface area contributed by atoms with E-state index in [1.807, 2.05) is 0 Å². The summed E-state index contributed by atoms with van der Waals surface area (Å²) in [7, 11) is 0. The third-order valence-electron chi connectivity index (χ3n) is 5.07. The first kappa shape index (κ1) is 16.2. The van der Waals surface area contributed by atoms with Gasteiger partial charge >= 0.3 is 0 Å². The molecule has 2 rings (SSSR count). The van der Waals surface area contributed by atoms with Gasteiger partial charge in [-0.2, -0.15) is 0 Å². The zero-order chi connectivity index (χ0) is 14.4. The Morgan fingerprint density at radius 3 is 2.70 bits per heavy atom. The van der Waals surface area contributed by atoms with Crippen molar-refractivity contribution in [1.29, 1.82) is 0 Å². The highest BCUT2D eigenvalue weighted by Gasteiger charge is 2.38. The number of rotatable bonds is 8. The summed E-state index contributed by atoms with van der Waals surface area (Å²) in [6.45, 7) is 16.9. The van der Waals surface area contributed by atoms with E-state index in [1.165, 1.54) is 45.6 Å². The van der Waals surface area contributed by atoms with E-state index in [-0.39, 0.29) is 0 Å². The summed E-state index contributed by atoms with van der Waals surface area (Å²) in [6, 6.07) is 0.767. The monoisotopic (exact) mass is 283 g/mol. The van der Waals surface area contributed by atoms with Gasteiger partial charge in [0.2, 0.25) is 0 Å². The van der Waals surface area contributed by atoms with Crippen LogP contribution < -0.4 is 5.32 Å². The van der Waals surface area contributed by atoms with Crippen molar-refractivity contribution < 1.29 is 4.74 Å². The Hall–Kier alpha value is -0.160. The Balaban J connectivity index is 1.86. The van der Waals surface area contributed by atoms with E-state index in [2.05, 4.69) is 35.9 Å². The van der Waals surface area contributed by atoms with Crippen LogP contribution in [0.2, 0.25) is 0 Å². The molecule has 20 heavy (non-hydrogen) atoms. The van der Waals surface area contributed by atoms with Crippen molar-refractivity contribution in [2.75, 3.05) is 59.0 Å². The van der Waals surface area contributed by atoms with Gasteiger partial charge in [-0.05, 0) is 39.0 Å². The second-order valence-corrected chi connectivity index (χ2v) is 6.48. The Bertz CT molecular complexity index is 275. The highest BCUT2D eigenvalue weighted by molar-refractivity contribution is 4.92. The molecule has 0 saturated carbocycles. The van der Waals surface area contributed by atoms with Gasteiger partial charge in [-0.15, -0.1) is 0 Å². The van der Waals surface area contributed by atoms with E-state index in [4.69, 9.17) is 4.74 Å². The fourth-order valence-electron chi connectivity index (χ4n) is 3.83. The Kier molecular flexibility index (Phi) is 6.27. The third-order valence-corrected chi connectivity index (χ3v) is 5.07. The highest BCUT2D eigenvalue weighted by Crippen LogP contribution is 2.31. The average Bonchev–Trinajstić information content (AvgIpc) is 3.09. The predicted octanol–water partition coefficient (Wildman–Crippen LogP) is 1.42. The van der Waals surface area contributed by atoms with Crippen LogP contribution in [0.3, 0.4) is 0 Å². The highest BCUT2D eigenvalue weighted by atomic mass is 16.5. The van der Waals surface area contributed by atoms with Crippen molar-refractivity contribution in [2.45, 2.75) is 39.7 Å². The molecule has 2 unspecified atom stereocenters. The smallest absolute Gasteiger partial charge is 0.0547 e. The number of likely N-dealkylation sites (N-methyl/N-ethyl adjacent to an activating group) is 1. The fraction of sp³-hybridized carbons (Fsp3) is 1.00. The zero-order valence-corrected chi connectivity index (χ0v) is 13.7. The number of nitrogens with one attached hydrogen (secondary N) is 1. The summed E-state index contributed by atoms with van der Waals surface area (Å²) in [5, 5.41) is 3.54. The minimum absolute atomic E-state index is 0.355. The van der Waals surface area contributed by atoms with Crippen LogP contribution in [-0.2, 0) is 4.74 Å². The normalized spacial score (nSPS) is 31.5. The van der Waals surface area contributed by atoms with Crippen LogP contribution in [0, 0.1) is 5.41 Å². The minimum Gasteiger partial charge on any atom is -0.381 e. The molecule has 1 N–H and O–H groups in total. The average molecular weight is 283 g/mol. The molecule has 0 aromatic carbocycles. The lowest BCUT2D eigenvalue weighted by atomic mass is 9.86. The third kappa shape index (κ3) is 3.94. The lowest BCUT2D eigenvalue weighted by molar-refractivity contribution is 0.114. The number of ether oxygens (including phenoxy) is 1. The molecule has 0 aromatic heterocycles. The van der Waals surface area contributed by atoms with Crippen LogP contribution in [0.15, 0.2) is 0 Å². The van der Waals surface area contributed by atoms with Gasteiger partial charge in [-0.25, -0.2) is 0 Å². The SMILES string of the molecule is CCNCC1(CN2CCC(N(CC)CC)C2)CCOC1. The number of nitrogens with zero attached hydrogens (tertiary/aromatic N) is 2. The minimum atomic E-state index is 0.355. The first-order chi connectivity index (χ1) is 9.73. The molecule has 118 valence electrons. The summed E-state index contributed by atoms with van der Waals surface area (Å²) >= 11 is 0. The zero-order valence-electron chi connectivity index (χ0n) is 13.7. The van der Waals surface area contributed by atoms with Crippen LogP contribution in [0.25, 0.3) is 0 Å². The number of hydrogen-bond acceptors (Lipinski definition) is 4. The second kappa shape index (κ2) is 7.74. The van der Waals surface area contributed by atoms with Crippen molar-refractivity contribution in [3.05, 3.63) is 0 Å². The fourth-order valence-corrected chi connectivity index (χ4v) is 3.83. The maximum atomic E-state index is 5.71. The predicted molar refractivity (Wildman–Crippen MR) is 84.2 cm³/mol. The van der Waals surface area contributed by atoms with Gasteiger partial charge < -0.3 is 15.0 Å². The molecule has 0 aliphatic carbocycles. The van der Waals surface area contributed by atoms with Gasteiger partial charge in [0.15, 0.2) is 0 Å². The topological polar surface area (TPSA) is 27.7 Å². The molecule has 2 fully saturated rings. The molecule has 2 aliphatic rings. The first-order valence-electron chi connectivity index (χ1n) is 8.48. The molecule has 2 atom stereocenters. The van der Waals surface area contributed by atoms with Gasteiger partial charge in [0.25, 0.3) is 0 Å². The van der Waals surface area contributed by atoms with Gasteiger partial charge in [0, 0.05) is 37.7 Å². The molecule has 4 nitrogen and oxygen atoms in total. The lowest BCUT2D eigenvalue weighted by Gasteiger charge is -2.33. The molecular formula is C16H33N3O. The summed E-state index contributed by atoms with van der Waals surface area (Å²) in [4.78, 5) is 5.29. The van der Waals surface area contributed by atoms with Gasteiger partial charge in [0.05, 0.1) is 6.61 Å². The molecule has 0 radical (unpaired) electrons. The maximum absolute atomic E-state index is 5.71. The summed E-state index contributed by atoms with van der Waals surface area (Å²) in [5.74, 6) is 0. The van der Waals surface area contributed by atoms with Crippen LogP contribution in [0.1, 0.15) is 33.6 Å². The van der Waals surface area contributed by atoms with Crippen LogP contribution in [0.5, 0.6) is 0 Å². The van der Waals surface area contributed by atoms with Crippen molar-refractivity contribution in [2.24, 2.45) is 5.41 Å². The van der Waals surface area contributed by atoms with E-state index in [0.29, 0.717) is 5.41 Å². The second-order valence-electron chi connectivity index (χ2n) is 6.48. The Labute approximate surface area is 124 Å². The molecule has 0 bridgehead atoms. The van der Waals surface area contributed by atoms with Crippen LogP contribution >= 0.6 is 0 Å². The molecule has 0 spiro atoms. The molecule has 2 heterocycles. The van der Waals surface area contributed by atoms with Crippen LogP contribution in [0.4, 0.5) is 0 Å². The summed E-state index contributed by atoms with van der Waals surface area (Å²) in [6.07, 6.45) is 2.55. The van der Waals surface area contributed by atoms with E-state index < -0.39 is 0 Å². The van der Waals surface area contributed by atoms with Crippen molar-refractivity contribution in [3.8, 4) is 0 Å². The van der Waals surface area contributed by atoms with Crippen molar-refractivity contribution >= 4 is 0 Å². The van der Waals surface area contributed by atoms with Crippen molar-refractivity contribution in [1.82, 2.24) is 15.1 Å². The first-order valence-corrected chi connectivity index (χ1v) is 8.48. The maximum Gasteiger partial charge on any atom is 0.0547 e. The van der Waals surface area contributed by atoms with Gasteiger partial charge in [-0.3, -0.25) is 4.90 Å². The Morgan fingerprint density at radius 1 is 1.30 bits per heavy atom. The number of likely N-dealkylation sites (tertiary alicyclic amines) is 1. The lowest BCUT2D eigenvalue weighted by Crippen LogP contribution is -2.45. The van der Waals surface area contributed by atoms with E-state index in [1.54, 1.807) is 0 Å². The molecule has 2 aliphatic heterocycles. The molecule has 0 amide bonds. The van der Waals surface area contributed by atoms with E-state index >= 15 is 0 Å². The standard InChI is InChI=1S/C16H33N3O/c1-4-17-12-16(8-10-20-14-16)13-18-9-7-15(11-18)19(5-2)6-3/h15,17H,4-14H2,1-3H3. The van der Waals surface area contributed by atoms with Gasteiger partial charge in [0.1, 0.15) is 0 Å². The quantitative estimate of drug-likeness (QED) is 0.729. The molecule has 2 saturated heterocycles.